The van der Waals surface area contributed by atoms with Gasteiger partial charge in [0.25, 0.3) is 0 Å². The molecule has 1 aromatic heterocycles. The summed E-state index contributed by atoms with van der Waals surface area (Å²) in [4.78, 5) is 9.13. The molecule has 6 N–H and O–H groups in total. The molecule has 8 heteroatoms. The van der Waals surface area contributed by atoms with Gasteiger partial charge in [0, 0.05) is 11.5 Å². The molecule has 1 aromatic carbocycles. The number of hydrogen-bond acceptors (Lipinski definition) is 6. The van der Waals surface area contributed by atoms with Crippen LogP contribution in [-0.2, 0) is 11.5 Å². The molecule has 0 atom stereocenters. The Morgan fingerprint density at radius 2 is 1.30 bits per heavy atom. The van der Waals surface area contributed by atoms with Gasteiger partial charge in [-0.25, -0.2) is 9.97 Å². The highest BCUT2D eigenvalue weighted by molar-refractivity contribution is 8.13. The van der Waals surface area contributed by atoms with Crippen molar-refractivity contribution in [1.82, 2.24) is 9.97 Å². The smallest absolute Gasteiger partial charge is 0.151 e. The third-order valence-electron chi connectivity index (χ3n) is 2.45. The second-order valence-electron chi connectivity index (χ2n) is 3.91. The Hall–Kier alpha value is -1.80. The summed E-state index contributed by atoms with van der Waals surface area (Å²) in [6.45, 7) is 0. The first-order valence-corrected chi connectivity index (χ1v) is 7.71. The minimum Gasteiger partial charge on any atom is -0.379 e. The lowest BCUT2D eigenvalue weighted by Gasteiger charge is -2.08. The Kier molecular flexibility index (Phi) is 4.80. The van der Waals surface area contributed by atoms with Crippen molar-refractivity contribution >= 4 is 44.9 Å². The lowest BCUT2D eigenvalue weighted by atomic mass is 10.2. The van der Waals surface area contributed by atoms with Crippen LogP contribution in [0.1, 0.15) is 11.4 Å². The number of fused-ring (bicyclic) bond motifs is 1. The highest BCUT2D eigenvalue weighted by atomic mass is 32.2. The van der Waals surface area contributed by atoms with Gasteiger partial charge < -0.3 is 11.5 Å². The summed E-state index contributed by atoms with van der Waals surface area (Å²) in [6, 6.07) is 7.60. The number of aromatic nitrogens is 2. The van der Waals surface area contributed by atoms with Crippen LogP contribution in [0.5, 0.6) is 0 Å². The minimum atomic E-state index is 0.0464. The topological polar surface area (TPSA) is 126 Å². The van der Waals surface area contributed by atoms with E-state index in [1.54, 1.807) is 0 Å². The van der Waals surface area contributed by atoms with E-state index in [4.69, 9.17) is 22.3 Å². The van der Waals surface area contributed by atoms with Crippen LogP contribution in [-0.4, -0.2) is 20.3 Å². The van der Waals surface area contributed by atoms with Crippen LogP contribution < -0.4 is 11.5 Å². The molecule has 0 saturated heterocycles. The molecular weight excluding hydrogens is 292 g/mol. The quantitative estimate of drug-likeness (QED) is 0.505. The van der Waals surface area contributed by atoms with Crippen LogP contribution in [0, 0.1) is 10.8 Å². The van der Waals surface area contributed by atoms with Crippen LogP contribution in [0.25, 0.3) is 11.0 Å². The molecule has 0 radical (unpaired) electrons. The molecule has 104 valence electrons. The van der Waals surface area contributed by atoms with Crippen molar-refractivity contribution < 1.29 is 0 Å². The summed E-state index contributed by atoms with van der Waals surface area (Å²) in [6.07, 6.45) is 0. The Balaban J connectivity index is 2.35. The molecule has 2 aromatic rings. The van der Waals surface area contributed by atoms with Crippen molar-refractivity contribution in [2.75, 3.05) is 0 Å². The van der Waals surface area contributed by atoms with Gasteiger partial charge in [-0.15, -0.1) is 0 Å². The van der Waals surface area contributed by atoms with E-state index in [1.165, 1.54) is 23.5 Å². The maximum Gasteiger partial charge on any atom is 0.151 e. The van der Waals surface area contributed by atoms with Crippen LogP contribution >= 0.6 is 23.5 Å². The standard InChI is InChI=1S/C12H14N6S2/c13-11(14)19-5-9-10(6-20-12(15)16)18-8-4-2-1-3-7(8)17-9/h1-4H,5-6H2,(H3,13,14)(H3,15,16). The van der Waals surface area contributed by atoms with E-state index < -0.39 is 0 Å². The third-order valence-corrected chi connectivity index (χ3v) is 3.91. The molecule has 6 nitrogen and oxygen atoms in total. The van der Waals surface area contributed by atoms with Gasteiger partial charge in [0.1, 0.15) is 0 Å². The average Bonchev–Trinajstić information content (AvgIpc) is 2.42. The number of amidine groups is 2. The van der Waals surface area contributed by atoms with Crippen LogP contribution in [0.2, 0.25) is 0 Å². The van der Waals surface area contributed by atoms with Gasteiger partial charge in [0.05, 0.1) is 22.4 Å². The molecule has 0 spiro atoms. The summed E-state index contributed by atoms with van der Waals surface area (Å²) in [5.41, 5.74) is 13.9. The summed E-state index contributed by atoms with van der Waals surface area (Å²) >= 11 is 2.41. The van der Waals surface area contributed by atoms with Gasteiger partial charge in [-0.3, -0.25) is 10.8 Å². The third kappa shape index (κ3) is 3.84. The number of hydrogen-bond donors (Lipinski definition) is 4. The van der Waals surface area contributed by atoms with E-state index in [1.807, 2.05) is 24.3 Å². The number of thioether (sulfide) groups is 2. The molecule has 0 aliphatic rings. The average molecular weight is 306 g/mol. The van der Waals surface area contributed by atoms with Crippen molar-refractivity contribution in [3.05, 3.63) is 35.7 Å². The molecule has 0 fully saturated rings. The highest BCUT2D eigenvalue weighted by Crippen LogP contribution is 2.21. The molecule has 2 rings (SSSR count). The fourth-order valence-corrected chi connectivity index (χ4v) is 2.64. The van der Waals surface area contributed by atoms with Gasteiger partial charge in [-0.05, 0) is 12.1 Å². The number of nitrogens with two attached hydrogens (primary N) is 2. The van der Waals surface area contributed by atoms with Crippen LogP contribution in [0.15, 0.2) is 24.3 Å². The Labute approximate surface area is 124 Å². The fraction of sp³-hybridized carbons (Fsp3) is 0.167. The number of nitrogens with one attached hydrogen (secondary N) is 2. The van der Waals surface area contributed by atoms with Gasteiger partial charge in [0.2, 0.25) is 0 Å². The Bertz CT molecular complexity index is 601. The van der Waals surface area contributed by atoms with Crippen molar-refractivity contribution in [3.63, 3.8) is 0 Å². The van der Waals surface area contributed by atoms with Gasteiger partial charge in [0.15, 0.2) is 10.3 Å². The zero-order valence-corrected chi connectivity index (χ0v) is 12.2. The Morgan fingerprint density at radius 1 is 0.900 bits per heavy atom. The molecule has 0 bridgehead atoms. The molecule has 0 unspecified atom stereocenters. The van der Waals surface area contributed by atoms with Crippen molar-refractivity contribution in [2.24, 2.45) is 11.5 Å². The number of benzene rings is 1. The normalized spacial score (nSPS) is 10.6. The lowest BCUT2D eigenvalue weighted by molar-refractivity contribution is 1.07. The van der Waals surface area contributed by atoms with Gasteiger partial charge in [-0.1, -0.05) is 35.7 Å². The van der Waals surface area contributed by atoms with Crippen molar-refractivity contribution in [2.45, 2.75) is 11.5 Å². The van der Waals surface area contributed by atoms with E-state index in [-0.39, 0.29) is 10.3 Å². The Morgan fingerprint density at radius 3 is 1.65 bits per heavy atom. The second-order valence-corrected chi connectivity index (χ2v) is 5.95. The van der Waals surface area contributed by atoms with Crippen LogP contribution in [0.4, 0.5) is 0 Å². The lowest BCUT2D eigenvalue weighted by Crippen LogP contribution is -2.08. The fourth-order valence-electron chi connectivity index (χ4n) is 1.60. The number of nitrogens with zero attached hydrogens (tertiary/aromatic N) is 2. The first-order valence-electron chi connectivity index (χ1n) is 5.74. The summed E-state index contributed by atoms with van der Waals surface area (Å²) in [5.74, 6) is 0.974. The van der Waals surface area contributed by atoms with Crippen LogP contribution in [0.3, 0.4) is 0 Å². The van der Waals surface area contributed by atoms with Gasteiger partial charge in [-0.2, -0.15) is 0 Å². The predicted octanol–water partition coefficient (Wildman–Crippen LogP) is 1.88. The van der Waals surface area contributed by atoms with Crippen molar-refractivity contribution in [1.29, 1.82) is 10.8 Å². The summed E-state index contributed by atoms with van der Waals surface area (Å²) in [5, 5.41) is 14.7. The maximum absolute atomic E-state index is 7.28. The van der Waals surface area contributed by atoms with E-state index in [0.29, 0.717) is 11.5 Å². The predicted molar refractivity (Wildman–Crippen MR) is 86.0 cm³/mol. The second kappa shape index (κ2) is 6.58. The van der Waals surface area contributed by atoms with E-state index in [9.17, 15) is 0 Å². The van der Waals surface area contributed by atoms with E-state index in [0.717, 1.165) is 22.4 Å². The zero-order chi connectivity index (χ0) is 14.5. The molecule has 1 heterocycles. The largest absolute Gasteiger partial charge is 0.379 e. The molecule has 20 heavy (non-hydrogen) atoms. The number of rotatable bonds is 4. The van der Waals surface area contributed by atoms with E-state index >= 15 is 0 Å². The first-order chi connectivity index (χ1) is 9.56. The number of para-hydroxylation sites is 2. The monoisotopic (exact) mass is 306 g/mol. The van der Waals surface area contributed by atoms with E-state index in [2.05, 4.69) is 9.97 Å². The van der Waals surface area contributed by atoms with Crippen molar-refractivity contribution in [3.8, 4) is 0 Å². The maximum atomic E-state index is 7.28. The SMILES string of the molecule is N=C(N)SCc1nc2ccccc2nc1CSC(=N)N. The zero-order valence-electron chi connectivity index (χ0n) is 10.6. The highest BCUT2D eigenvalue weighted by Gasteiger charge is 2.10. The molecular formula is C12H14N6S2. The molecule has 0 aliphatic heterocycles. The summed E-state index contributed by atoms with van der Waals surface area (Å²) < 4.78 is 0. The molecule has 0 aliphatic carbocycles. The first kappa shape index (κ1) is 14.6. The van der Waals surface area contributed by atoms with Gasteiger partial charge >= 0.3 is 0 Å². The molecule has 0 amide bonds. The minimum absolute atomic E-state index is 0.0464. The summed E-state index contributed by atoms with van der Waals surface area (Å²) in [7, 11) is 0. The molecule has 0 saturated carbocycles.